The van der Waals surface area contributed by atoms with Gasteiger partial charge in [-0.15, -0.1) is 0 Å². The fourth-order valence-electron chi connectivity index (χ4n) is 1.46. The van der Waals surface area contributed by atoms with Gasteiger partial charge in [0.25, 0.3) is 0 Å². The zero-order valence-corrected chi connectivity index (χ0v) is 10.2. The Labute approximate surface area is 90.9 Å². The number of thioether (sulfide) groups is 1. The van der Waals surface area contributed by atoms with E-state index in [0.29, 0.717) is 11.5 Å². The molecular formula is C11H20N2S. The van der Waals surface area contributed by atoms with Crippen molar-refractivity contribution < 1.29 is 0 Å². The molecule has 0 spiro atoms. The molecule has 0 bridgehead atoms. The Morgan fingerprint density at radius 2 is 2.21 bits per heavy atom. The summed E-state index contributed by atoms with van der Waals surface area (Å²) in [5, 5.41) is 4.65. The molecule has 2 fully saturated rings. The van der Waals surface area contributed by atoms with Crippen molar-refractivity contribution in [2.24, 2.45) is 16.3 Å². The van der Waals surface area contributed by atoms with E-state index in [-0.39, 0.29) is 0 Å². The highest BCUT2D eigenvalue weighted by Gasteiger charge is 2.37. The van der Waals surface area contributed by atoms with E-state index in [9.17, 15) is 0 Å². The van der Waals surface area contributed by atoms with Crippen molar-refractivity contribution in [3.63, 3.8) is 0 Å². The van der Waals surface area contributed by atoms with Crippen molar-refractivity contribution in [2.75, 3.05) is 12.3 Å². The molecule has 2 atom stereocenters. The summed E-state index contributed by atoms with van der Waals surface area (Å²) in [5.74, 6) is 1.97. The average Bonchev–Trinajstić information content (AvgIpc) is 2.87. The summed E-state index contributed by atoms with van der Waals surface area (Å²) in [6.45, 7) is 7.89. The molecule has 0 amide bonds. The number of hydrogen-bond donors (Lipinski definition) is 1. The van der Waals surface area contributed by atoms with Crippen molar-refractivity contribution >= 4 is 16.9 Å². The minimum atomic E-state index is 0.543. The highest BCUT2D eigenvalue weighted by molar-refractivity contribution is 8.13. The molecule has 2 rings (SSSR count). The predicted octanol–water partition coefficient (Wildman–Crippen LogP) is 2.50. The number of nitrogens with zero attached hydrogens (tertiary/aromatic N) is 1. The average molecular weight is 212 g/mol. The fraction of sp³-hybridized carbons (Fsp3) is 0.909. The van der Waals surface area contributed by atoms with E-state index in [1.54, 1.807) is 0 Å². The van der Waals surface area contributed by atoms with Crippen LogP contribution in [0.4, 0.5) is 0 Å². The van der Waals surface area contributed by atoms with E-state index in [1.165, 1.54) is 23.8 Å². The second-order valence-corrected chi connectivity index (χ2v) is 6.16. The van der Waals surface area contributed by atoms with Crippen LogP contribution < -0.4 is 5.32 Å². The predicted molar refractivity (Wildman–Crippen MR) is 63.9 cm³/mol. The van der Waals surface area contributed by atoms with Crippen molar-refractivity contribution in [3.05, 3.63) is 0 Å². The molecule has 0 aromatic heterocycles. The third-order valence-electron chi connectivity index (χ3n) is 3.40. The monoisotopic (exact) mass is 212 g/mol. The molecule has 0 aromatic rings. The van der Waals surface area contributed by atoms with Crippen LogP contribution in [0.5, 0.6) is 0 Å². The minimum absolute atomic E-state index is 0.543. The molecule has 2 aliphatic rings. The van der Waals surface area contributed by atoms with Gasteiger partial charge < -0.3 is 5.32 Å². The first-order valence-corrected chi connectivity index (χ1v) is 6.51. The van der Waals surface area contributed by atoms with Crippen LogP contribution in [0.1, 0.15) is 33.6 Å². The summed E-state index contributed by atoms with van der Waals surface area (Å²) in [5.41, 5.74) is 0.543. The molecule has 1 saturated heterocycles. The number of rotatable bonds is 2. The van der Waals surface area contributed by atoms with E-state index in [4.69, 9.17) is 0 Å². The largest absolute Gasteiger partial charge is 0.362 e. The van der Waals surface area contributed by atoms with Crippen molar-refractivity contribution in [1.29, 1.82) is 0 Å². The Hall–Kier alpha value is -0.180. The van der Waals surface area contributed by atoms with Gasteiger partial charge in [-0.3, -0.25) is 4.99 Å². The molecule has 2 nitrogen and oxygen atoms in total. The lowest BCUT2D eigenvalue weighted by atomic mass is 10.1. The van der Waals surface area contributed by atoms with Crippen LogP contribution >= 0.6 is 11.8 Å². The summed E-state index contributed by atoms with van der Waals surface area (Å²) in [6.07, 6.45) is 2.72. The lowest BCUT2D eigenvalue weighted by Crippen LogP contribution is -2.41. The van der Waals surface area contributed by atoms with Gasteiger partial charge in [-0.25, -0.2) is 0 Å². The molecule has 1 aliphatic heterocycles. The number of hydrogen-bond acceptors (Lipinski definition) is 2. The topological polar surface area (TPSA) is 24.4 Å². The van der Waals surface area contributed by atoms with Gasteiger partial charge in [0.05, 0.1) is 0 Å². The smallest absolute Gasteiger partial charge is 0.156 e. The lowest BCUT2D eigenvalue weighted by molar-refractivity contribution is 0.488. The molecule has 14 heavy (non-hydrogen) atoms. The Bertz CT molecular complexity index is 246. The number of amidine groups is 1. The van der Waals surface area contributed by atoms with Gasteiger partial charge in [0.15, 0.2) is 5.17 Å². The lowest BCUT2D eigenvalue weighted by Gasteiger charge is -2.28. The Balaban J connectivity index is 1.86. The normalized spacial score (nSPS) is 38.1. The van der Waals surface area contributed by atoms with Crippen LogP contribution in [0.15, 0.2) is 4.99 Å². The van der Waals surface area contributed by atoms with Crippen molar-refractivity contribution in [1.82, 2.24) is 5.32 Å². The highest BCUT2D eigenvalue weighted by Crippen LogP contribution is 2.45. The quantitative estimate of drug-likeness (QED) is 0.760. The first-order chi connectivity index (χ1) is 6.59. The molecule has 1 saturated carbocycles. The third kappa shape index (κ3) is 2.44. The Kier molecular flexibility index (Phi) is 2.78. The molecule has 1 N–H and O–H groups in total. The number of nitrogens with one attached hydrogen (secondary N) is 1. The van der Waals surface area contributed by atoms with Crippen LogP contribution in [-0.2, 0) is 0 Å². The van der Waals surface area contributed by atoms with Crippen molar-refractivity contribution in [2.45, 2.75) is 39.7 Å². The van der Waals surface area contributed by atoms with Crippen LogP contribution in [0, 0.1) is 11.3 Å². The fourth-order valence-corrected chi connectivity index (χ4v) is 2.59. The van der Waals surface area contributed by atoms with Crippen molar-refractivity contribution in [3.8, 4) is 0 Å². The molecule has 2 unspecified atom stereocenters. The first kappa shape index (κ1) is 10.3. The zero-order chi connectivity index (χ0) is 10.2. The molecule has 80 valence electrons. The number of aliphatic imine (C=N–C) groups is 1. The van der Waals surface area contributed by atoms with Gasteiger partial charge in [-0.05, 0) is 31.1 Å². The van der Waals surface area contributed by atoms with E-state index in [1.807, 2.05) is 11.8 Å². The van der Waals surface area contributed by atoms with Gasteiger partial charge in [0, 0.05) is 18.3 Å². The van der Waals surface area contributed by atoms with Gasteiger partial charge in [-0.1, -0.05) is 25.6 Å². The SMILES string of the molecule is CC1CSC(=NCC2(C)CC2)NC1C. The van der Waals surface area contributed by atoms with E-state index in [2.05, 4.69) is 31.1 Å². The van der Waals surface area contributed by atoms with Gasteiger partial charge in [0.2, 0.25) is 0 Å². The summed E-state index contributed by atoms with van der Waals surface area (Å²) < 4.78 is 0. The standard InChI is InChI=1S/C11H20N2S/c1-8-6-14-10(13-9(8)2)12-7-11(3)4-5-11/h8-9H,4-7H2,1-3H3,(H,12,13). The van der Waals surface area contributed by atoms with E-state index < -0.39 is 0 Å². The Morgan fingerprint density at radius 1 is 1.50 bits per heavy atom. The van der Waals surface area contributed by atoms with Crippen LogP contribution in [0.3, 0.4) is 0 Å². The molecule has 0 aromatic carbocycles. The molecule has 1 aliphatic carbocycles. The maximum absolute atomic E-state index is 4.67. The Morgan fingerprint density at radius 3 is 2.79 bits per heavy atom. The maximum atomic E-state index is 4.67. The third-order valence-corrected chi connectivity index (χ3v) is 4.61. The maximum Gasteiger partial charge on any atom is 0.156 e. The summed E-state index contributed by atoms with van der Waals surface area (Å²) in [6, 6.07) is 0.585. The minimum Gasteiger partial charge on any atom is -0.362 e. The van der Waals surface area contributed by atoms with E-state index in [0.717, 1.165) is 12.5 Å². The van der Waals surface area contributed by atoms with E-state index >= 15 is 0 Å². The summed E-state index contributed by atoms with van der Waals surface area (Å²) in [4.78, 5) is 4.67. The zero-order valence-electron chi connectivity index (χ0n) is 9.34. The van der Waals surface area contributed by atoms with Crippen LogP contribution in [-0.4, -0.2) is 23.5 Å². The van der Waals surface area contributed by atoms with Gasteiger partial charge in [-0.2, -0.15) is 0 Å². The molecule has 0 radical (unpaired) electrons. The molecule has 3 heteroatoms. The molecular weight excluding hydrogens is 192 g/mol. The second-order valence-electron chi connectivity index (χ2n) is 5.15. The van der Waals surface area contributed by atoms with Crippen LogP contribution in [0.25, 0.3) is 0 Å². The van der Waals surface area contributed by atoms with Crippen LogP contribution in [0.2, 0.25) is 0 Å². The summed E-state index contributed by atoms with van der Waals surface area (Å²) in [7, 11) is 0. The van der Waals surface area contributed by atoms with Gasteiger partial charge in [0.1, 0.15) is 0 Å². The second kappa shape index (κ2) is 3.76. The first-order valence-electron chi connectivity index (χ1n) is 5.53. The summed E-state index contributed by atoms with van der Waals surface area (Å²) >= 11 is 1.88. The van der Waals surface area contributed by atoms with Gasteiger partial charge >= 0.3 is 0 Å². The molecule has 1 heterocycles. The highest BCUT2D eigenvalue weighted by atomic mass is 32.2.